The van der Waals surface area contributed by atoms with Crippen molar-refractivity contribution in [3.8, 4) is 5.69 Å². The van der Waals surface area contributed by atoms with Gasteiger partial charge in [0, 0.05) is 11.8 Å². The van der Waals surface area contributed by atoms with Crippen molar-refractivity contribution in [3.05, 3.63) is 48.3 Å². The summed E-state index contributed by atoms with van der Waals surface area (Å²) >= 11 is 6.55. The van der Waals surface area contributed by atoms with Crippen LogP contribution in [-0.2, 0) is 0 Å². The molecule has 0 N–H and O–H groups in total. The average molecular weight is 291 g/mol. The van der Waals surface area contributed by atoms with Crippen LogP contribution < -0.4 is 0 Å². The lowest BCUT2D eigenvalue weighted by Gasteiger charge is -2.28. The number of alkyl halides is 1. The van der Waals surface area contributed by atoms with E-state index in [1.807, 2.05) is 47.4 Å². The Morgan fingerprint density at radius 1 is 1.20 bits per heavy atom. The first-order chi connectivity index (χ1) is 9.38. The van der Waals surface area contributed by atoms with Crippen molar-refractivity contribution in [2.45, 2.75) is 39.5 Å². The summed E-state index contributed by atoms with van der Waals surface area (Å²) in [4.78, 5) is 0. The second-order valence-electron chi connectivity index (χ2n) is 6.52. The van der Waals surface area contributed by atoms with E-state index in [9.17, 15) is 0 Å². The topological polar surface area (TPSA) is 17.8 Å². The highest BCUT2D eigenvalue weighted by atomic mass is 35.5. The number of hydrogen-bond acceptors (Lipinski definition) is 1. The number of nitrogens with zero attached hydrogens (tertiary/aromatic N) is 2. The van der Waals surface area contributed by atoms with Crippen molar-refractivity contribution < 1.29 is 0 Å². The summed E-state index contributed by atoms with van der Waals surface area (Å²) in [5.41, 5.74) is 2.43. The molecule has 0 radical (unpaired) electrons. The van der Waals surface area contributed by atoms with Crippen molar-refractivity contribution in [2.75, 3.05) is 0 Å². The number of para-hydroxylation sites is 1. The van der Waals surface area contributed by atoms with E-state index in [1.165, 1.54) is 0 Å². The first kappa shape index (κ1) is 15.1. The largest absolute Gasteiger partial charge is 0.241 e. The summed E-state index contributed by atoms with van der Waals surface area (Å²) in [5, 5.41) is 4.42. The van der Waals surface area contributed by atoms with Crippen LogP contribution in [0.15, 0.2) is 42.7 Å². The van der Waals surface area contributed by atoms with Crippen LogP contribution in [0.1, 0.15) is 45.1 Å². The minimum Gasteiger partial charge on any atom is -0.241 e. The maximum atomic E-state index is 6.55. The molecule has 1 heterocycles. The van der Waals surface area contributed by atoms with Crippen molar-refractivity contribution in [1.29, 1.82) is 0 Å². The van der Waals surface area contributed by atoms with E-state index in [4.69, 9.17) is 11.6 Å². The second-order valence-corrected chi connectivity index (χ2v) is 7.05. The maximum absolute atomic E-state index is 6.55. The molecular weight excluding hydrogens is 268 g/mol. The van der Waals surface area contributed by atoms with E-state index < -0.39 is 0 Å². The third-order valence-corrected chi connectivity index (χ3v) is 4.45. The minimum absolute atomic E-state index is 0.0155. The molecule has 0 aliphatic rings. The van der Waals surface area contributed by atoms with Gasteiger partial charge >= 0.3 is 0 Å². The highest BCUT2D eigenvalue weighted by Gasteiger charge is 2.24. The van der Waals surface area contributed by atoms with Crippen molar-refractivity contribution in [1.82, 2.24) is 9.78 Å². The molecule has 1 aromatic carbocycles. The van der Waals surface area contributed by atoms with Gasteiger partial charge in [-0.15, -0.1) is 11.6 Å². The Bertz CT molecular complexity index is 540. The number of rotatable bonds is 4. The Kier molecular flexibility index (Phi) is 4.54. The van der Waals surface area contributed by atoms with Gasteiger partial charge in [0.05, 0.1) is 17.3 Å². The molecule has 20 heavy (non-hydrogen) atoms. The quantitative estimate of drug-likeness (QED) is 0.706. The molecule has 2 aromatic rings. The number of aromatic nitrogens is 2. The fraction of sp³-hybridized carbons (Fsp3) is 0.471. The smallest absolute Gasteiger partial charge is 0.0645 e. The molecule has 0 bridgehead atoms. The lowest BCUT2D eigenvalue weighted by atomic mass is 9.79. The molecule has 108 valence electrons. The van der Waals surface area contributed by atoms with Gasteiger partial charge in [0.2, 0.25) is 0 Å². The van der Waals surface area contributed by atoms with Gasteiger partial charge in [0.15, 0.2) is 0 Å². The monoisotopic (exact) mass is 290 g/mol. The Morgan fingerprint density at radius 2 is 1.85 bits per heavy atom. The molecule has 2 atom stereocenters. The van der Waals surface area contributed by atoms with Crippen LogP contribution in [0.5, 0.6) is 0 Å². The molecule has 0 spiro atoms. The Morgan fingerprint density at radius 3 is 2.45 bits per heavy atom. The molecule has 1 aromatic heterocycles. The molecule has 0 aliphatic carbocycles. The summed E-state index contributed by atoms with van der Waals surface area (Å²) in [6.07, 6.45) is 4.87. The van der Waals surface area contributed by atoms with Gasteiger partial charge in [-0.3, -0.25) is 0 Å². The van der Waals surface area contributed by atoms with Crippen molar-refractivity contribution >= 4 is 11.6 Å². The molecular formula is C17H23ClN2. The normalized spacial score (nSPS) is 15.1. The van der Waals surface area contributed by atoms with E-state index in [1.54, 1.807) is 0 Å². The van der Waals surface area contributed by atoms with Gasteiger partial charge < -0.3 is 0 Å². The van der Waals surface area contributed by atoms with E-state index in [0.29, 0.717) is 5.92 Å². The molecule has 0 amide bonds. The van der Waals surface area contributed by atoms with E-state index in [-0.39, 0.29) is 10.8 Å². The third kappa shape index (κ3) is 3.63. The van der Waals surface area contributed by atoms with Crippen LogP contribution in [0.3, 0.4) is 0 Å². The number of benzene rings is 1. The summed E-state index contributed by atoms with van der Waals surface area (Å²) < 4.78 is 1.88. The van der Waals surface area contributed by atoms with Crippen LogP contribution >= 0.6 is 11.6 Å². The van der Waals surface area contributed by atoms with E-state index >= 15 is 0 Å². The number of hydrogen-bond donors (Lipinski definition) is 0. The predicted molar refractivity (Wildman–Crippen MR) is 85.4 cm³/mol. The van der Waals surface area contributed by atoms with Gasteiger partial charge in [0.25, 0.3) is 0 Å². The van der Waals surface area contributed by atoms with E-state index in [0.717, 1.165) is 17.7 Å². The molecule has 2 unspecified atom stereocenters. The summed E-state index contributed by atoms with van der Waals surface area (Å²) in [6.45, 7) is 9.04. The van der Waals surface area contributed by atoms with Gasteiger partial charge in [0.1, 0.15) is 0 Å². The Balaban J connectivity index is 2.09. The molecule has 0 saturated heterocycles. The summed E-state index contributed by atoms with van der Waals surface area (Å²) in [6, 6.07) is 10.1. The zero-order chi connectivity index (χ0) is 14.8. The fourth-order valence-corrected chi connectivity index (χ4v) is 2.40. The lowest BCUT2D eigenvalue weighted by Crippen LogP contribution is -2.18. The number of halogens is 1. The minimum atomic E-state index is 0.0155. The second kappa shape index (κ2) is 6.01. The molecule has 0 saturated carbocycles. The van der Waals surface area contributed by atoms with Crippen LogP contribution in [0.4, 0.5) is 0 Å². The zero-order valence-corrected chi connectivity index (χ0v) is 13.4. The van der Waals surface area contributed by atoms with Crippen LogP contribution in [0.2, 0.25) is 0 Å². The van der Waals surface area contributed by atoms with E-state index in [2.05, 4.69) is 32.8 Å². The fourth-order valence-electron chi connectivity index (χ4n) is 2.02. The van der Waals surface area contributed by atoms with Crippen molar-refractivity contribution in [2.24, 2.45) is 11.3 Å². The zero-order valence-electron chi connectivity index (χ0n) is 12.7. The molecule has 2 rings (SSSR count). The maximum Gasteiger partial charge on any atom is 0.0645 e. The lowest BCUT2D eigenvalue weighted by molar-refractivity contribution is 0.245. The third-order valence-electron chi connectivity index (χ3n) is 4.02. The molecule has 0 aliphatic heterocycles. The molecule has 2 nitrogen and oxygen atoms in total. The first-order valence-electron chi connectivity index (χ1n) is 7.12. The van der Waals surface area contributed by atoms with Crippen LogP contribution in [0.25, 0.3) is 5.69 Å². The average Bonchev–Trinajstić information content (AvgIpc) is 2.88. The summed E-state index contributed by atoms with van der Waals surface area (Å²) in [5.74, 6) is 0.560. The van der Waals surface area contributed by atoms with Gasteiger partial charge in [-0.1, -0.05) is 45.9 Å². The van der Waals surface area contributed by atoms with Crippen LogP contribution in [-0.4, -0.2) is 9.78 Å². The Labute approximate surface area is 126 Å². The highest BCUT2D eigenvalue weighted by Crippen LogP contribution is 2.36. The predicted octanol–water partition coefficient (Wildman–Crippen LogP) is 5.22. The van der Waals surface area contributed by atoms with Gasteiger partial charge in [-0.2, -0.15) is 5.10 Å². The highest BCUT2D eigenvalue weighted by molar-refractivity contribution is 6.20. The van der Waals surface area contributed by atoms with Crippen LogP contribution in [0, 0.1) is 11.3 Å². The van der Waals surface area contributed by atoms with Gasteiger partial charge in [-0.25, -0.2) is 4.68 Å². The molecule has 3 heteroatoms. The summed E-state index contributed by atoms with van der Waals surface area (Å²) in [7, 11) is 0. The first-order valence-corrected chi connectivity index (χ1v) is 7.55. The SMILES string of the molecule is CC(CC(Cl)c1cnn(-c2ccccc2)c1)C(C)(C)C. The molecule has 0 fully saturated rings. The van der Waals surface area contributed by atoms with Gasteiger partial charge in [-0.05, 0) is 29.9 Å². The Hall–Kier alpha value is -1.28. The standard InChI is InChI=1S/C17H23ClN2/c1-13(17(2,3)4)10-16(18)14-11-19-20(12-14)15-8-6-5-7-9-15/h5-9,11-13,16H,10H2,1-4H3. The van der Waals surface area contributed by atoms with Crippen molar-refractivity contribution in [3.63, 3.8) is 0 Å².